The second-order valence-electron chi connectivity index (χ2n) is 7.58. The van der Waals surface area contributed by atoms with Crippen LogP contribution in [-0.2, 0) is 0 Å². The van der Waals surface area contributed by atoms with Gasteiger partial charge in [-0.05, 0) is 42.5 Å². The van der Waals surface area contributed by atoms with Gasteiger partial charge in [0.1, 0.15) is 11.3 Å². The molecule has 168 valence electrons. The van der Waals surface area contributed by atoms with Gasteiger partial charge in [-0.3, -0.25) is 4.98 Å². The molecule has 0 amide bonds. The highest BCUT2D eigenvalue weighted by Gasteiger charge is 2.43. The summed E-state index contributed by atoms with van der Waals surface area (Å²) in [6.45, 7) is 0. The van der Waals surface area contributed by atoms with Crippen LogP contribution in [0, 0.1) is 0 Å². The van der Waals surface area contributed by atoms with Crippen LogP contribution in [-0.4, -0.2) is 41.0 Å². The maximum absolute atomic E-state index is 12.3. The highest BCUT2D eigenvalue weighted by Crippen LogP contribution is 2.50. The lowest BCUT2D eigenvalue weighted by atomic mass is 9.96. The highest BCUT2D eigenvalue weighted by molar-refractivity contribution is 9.10. The van der Waals surface area contributed by atoms with Gasteiger partial charge in [0.2, 0.25) is 6.23 Å². The van der Waals surface area contributed by atoms with Crippen LogP contribution in [0.4, 0.5) is 0 Å². The molecule has 2 aromatic carbocycles. The number of hydrazone groups is 1. The number of hydrogen-bond donors (Lipinski definition) is 1. The molecule has 1 aromatic heterocycles. The summed E-state index contributed by atoms with van der Waals surface area (Å²) in [4.78, 5) is 16.8. The molecule has 1 N–H and O–H groups in total. The molecule has 0 saturated heterocycles. The van der Waals surface area contributed by atoms with Gasteiger partial charge in [-0.25, -0.2) is 9.80 Å². The quantitative estimate of drug-likeness (QED) is 0.527. The van der Waals surface area contributed by atoms with Gasteiger partial charge in [0.05, 0.1) is 31.7 Å². The lowest BCUT2D eigenvalue weighted by Gasteiger charge is -2.38. The average molecular weight is 510 g/mol. The summed E-state index contributed by atoms with van der Waals surface area (Å²) in [5.41, 5.74) is 2.94. The molecule has 8 nitrogen and oxygen atoms in total. The minimum Gasteiger partial charge on any atom is -0.493 e. The predicted molar refractivity (Wildman–Crippen MR) is 124 cm³/mol. The van der Waals surface area contributed by atoms with Crippen molar-refractivity contribution in [3.05, 3.63) is 81.6 Å². The smallest absolute Gasteiger partial charge is 0.340 e. The van der Waals surface area contributed by atoms with Crippen LogP contribution >= 0.6 is 15.9 Å². The van der Waals surface area contributed by atoms with Crippen molar-refractivity contribution in [2.24, 2.45) is 5.10 Å². The molecule has 2 aliphatic heterocycles. The zero-order valence-corrected chi connectivity index (χ0v) is 19.4. The fourth-order valence-corrected chi connectivity index (χ4v) is 4.70. The number of halogens is 1. The lowest BCUT2D eigenvalue weighted by Crippen LogP contribution is -2.34. The van der Waals surface area contributed by atoms with E-state index < -0.39 is 12.2 Å². The topological polar surface area (TPSA) is 93.5 Å². The highest BCUT2D eigenvalue weighted by atomic mass is 79.9. The van der Waals surface area contributed by atoms with Crippen molar-refractivity contribution in [1.82, 2.24) is 9.99 Å². The van der Waals surface area contributed by atoms with E-state index in [-0.39, 0.29) is 17.4 Å². The standard InChI is InChI=1S/C24H20BrN3O5/c1-31-20-9-7-14(21(24(29)30)22(20)32-2)23-28-18(15-11-13(25)6-8-19(15)33-23)12-17(27-28)16-5-3-4-10-26-16/h3-11,18,23H,12H2,1-2H3,(H,29,30). The summed E-state index contributed by atoms with van der Waals surface area (Å²) in [6.07, 6.45) is 1.55. The van der Waals surface area contributed by atoms with Crippen molar-refractivity contribution in [3.63, 3.8) is 0 Å². The first-order valence-corrected chi connectivity index (χ1v) is 11.0. The molecule has 3 aromatic rings. The van der Waals surface area contributed by atoms with Gasteiger partial charge >= 0.3 is 5.97 Å². The molecule has 0 fully saturated rings. The Bertz CT molecular complexity index is 1260. The van der Waals surface area contributed by atoms with Gasteiger partial charge in [0.15, 0.2) is 11.5 Å². The Morgan fingerprint density at radius 1 is 1.15 bits per heavy atom. The number of ether oxygens (including phenoxy) is 3. The van der Waals surface area contributed by atoms with E-state index in [1.165, 1.54) is 14.2 Å². The predicted octanol–water partition coefficient (Wildman–Crippen LogP) is 4.80. The fourth-order valence-electron chi connectivity index (χ4n) is 4.32. The molecular weight excluding hydrogens is 490 g/mol. The van der Waals surface area contributed by atoms with Crippen LogP contribution in [0.2, 0.25) is 0 Å². The number of carboxylic acid groups (broad SMARTS) is 1. The van der Waals surface area contributed by atoms with Crippen molar-refractivity contribution in [2.45, 2.75) is 18.7 Å². The average Bonchev–Trinajstić information content (AvgIpc) is 3.29. The molecule has 9 heteroatoms. The van der Waals surface area contributed by atoms with E-state index in [2.05, 4.69) is 20.9 Å². The Morgan fingerprint density at radius 3 is 2.70 bits per heavy atom. The number of pyridine rings is 1. The zero-order chi connectivity index (χ0) is 23.1. The summed E-state index contributed by atoms with van der Waals surface area (Å²) >= 11 is 3.54. The largest absolute Gasteiger partial charge is 0.493 e. The third-order valence-corrected chi connectivity index (χ3v) is 6.26. The maximum Gasteiger partial charge on any atom is 0.340 e. The molecule has 5 rings (SSSR count). The van der Waals surface area contributed by atoms with Gasteiger partial charge in [-0.2, -0.15) is 5.10 Å². The number of aromatic nitrogens is 1. The van der Waals surface area contributed by atoms with E-state index in [9.17, 15) is 9.90 Å². The second kappa shape index (κ2) is 8.40. The molecule has 2 unspecified atom stereocenters. The molecule has 0 aliphatic carbocycles. The number of rotatable bonds is 5. The van der Waals surface area contributed by atoms with Gasteiger partial charge in [0, 0.05) is 28.2 Å². The summed E-state index contributed by atoms with van der Waals surface area (Å²) in [5, 5.41) is 16.7. The molecule has 2 atom stereocenters. The normalized spacial score (nSPS) is 18.6. The number of carbonyl (C=O) groups is 1. The number of methoxy groups -OCH3 is 2. The first kappa shape index (κ1) is 21.3. The van der Waals surface area contributed by atoms with Crippen LogP contribution < -0.4 is 14.2 Å². The molecule has 2 aliphatic rings. The second-order valence-corrected chi connectivity index (χ2v) is 8.50. The Morgan fingerprint density at radius 2 is 2.00 bits per heavy atom. The van der Waals surface area contributed by atoms with Crippen molar-refractivity contribution in [3.8, 4) is 17.2 Å². The monoisotopic (exact) mass is 509 g/mol. The number of benzene rings is 2. The molecule has 3 heterocycles. The minimum absolute atomic E-state index is 0.0253. The number of hydrogen-bond acceptors (Lipinski definition) is 7. The maximum atomic E-state index is 12.3. The minimum atomic E-state index is -1.14. The van der Waals surface area contributed by atoms with E-state index >= 15 is 0 Å². The molecule has 0 saturated carbocycles. The summed E-state index contributed by atoms with van der Waals surface area (Å²) < 4.78 is 18.0. The first-order valence-electron chi connectivity index (χ1n) is 10.2. The molecule has 0 radical (unpaired) electrons. The lowest BCUT2D eigenvalue weighted by molar-refractivity contribution is -0.0199. The molecular formula is C24H20BrN3O5. The number of carboxylic acids is 1. The van der Waals surface area contributed by atoms with Crippen LogP contribution in [0.3, 0.4) is 0 Å². The van der Waals surface area contributed by atoms with E-state index in [1.807, 2.05) is 41.4 Å². The van der Waals surface area contributed by atoms with Crippen molar-refractivity contribution in [1.29, 1.82) is 0 Å². The van der Waals surface area contributed by atoms with Crippen molar-refractivity contribution < 1.29 is 24.1 Å². The van der Waals surface area contributed by atoms with Gasteiger partial charge in [-0.1, -0.05) is 22.0 Å². The van der Waals surface area contributed by atoms with Crippen LogP contribution in [0.15, 0.2) is 64.3 Å². The van der Waals surface area contributed by atoms with Gasteiger partial charge < -0.3 is 19.3 Å². The number of fused-ring (bicyclic) bond motifs is 3. The van der Waals surface area contributed by atoms with E-state index in [4.69, 9.17) is 19.3 Å². The van der Waals surface area contributed by atoms with E-state index in [1.54, 1.807) is 18.3 Å². The molecule has 0 bridgehead atoms. The zero-order valence-electron chi connectivity index (χ0n) is 17.9. The van der Waals surface area contributed by atoms with Crippen LogP contribution in [0.25, 0.3) is 0 Å². The fraction of sp³-hybridized carbons (Fsp3) is 0.208. The van der Waals surface area contributed by atoms with Gasteiger partial charge in [-0.15, -0.1) is 0 Å². The molecule has 0 spiro atoms. The summed E-state index contributed by atoms with van der Waals surface area (Å²) in [6, 6.07) is 14.7. The third-order valence-electron chi connectivity index (χ3n) is 5.77. The van der Waals surface area contributed by atoms with Gasteiger partial charge in [0.25, 0.3) is 0 Å². The number of aromatic carboxylic acids is 1. The van der Waals surface area contributed by atoms with E-state index in [0.29, 0.717) is 23.5 Å². The summed E-state index contributed by atoms with van der Waals surface area (Å²) in [5.74, 6) is -0.00418. The SMILES string of the molecule is COc1ccc(C2Oc3ccc(Br)cc3C3CC(c4ccccn4)=NN32)c(C(=O)O)c1OC. The Hall–Kier alpha value is -3.59. The number of nitrogens with zero attached hydrogens (tertiary/aromatic N) is 3. The Balaban J connectivity index is 1.68. The van der Waals surface area contributed by atoms with Crippen molar-refractivity contribution >= 4 is 27.6 Å². The summed E-state index contributed by atoms with van der Waals surface area (Å²) in [7, 11) is 2.88. The third kappa shape index (κ3) is 3.58. The van der Waals surface area contributed by atoms with E-state index in [0.717, 1.165) is 21.4 Å². The van der Waals surface area contributed by atoms with Crippen LogP contribution in [0.1, 0.15) is 45.9 Å². The van der Waals surface area contributed by atoms with Crippen molar-refractivity contribution in [2.75, 3.05) is 14.2 Å². The Kier molecular flexibility index (Phi) is 5.41. The first-order chi connectivity index (χ1) is 16.0. The Labute approximate surface area is 198 Å². The van der Waals surface area contributed by atoms with Crippen LogP contribution in [0.5, 0.6) is 17.2 Å². The molecule has 33 heavy (non-hydrogen) atoms.